The number of carbonyl (C=O) groups is 1. The maximum Gasteiger partial charge on any atom is 0.255 e. The first-order chi connectivity index (χ1) is 8.56. The van der Waals surface area contributed by atoms with Crippen molar-refractivity contribution in [3.05, 3.63) is 58.9 Å². The quantitative estimate of drug-likeness (QED) is 0.800. The fraction of sp³-hybridized carbons (Fsp3) is 0. The maximum absolute atomic E-state index is 13.0. The van der Waals surface area contributed by atoms with Crippen molar-refractivity contribution in [2.45, 2.75) is 4.90 Å². The molecule has 92 valence electrons. The highest BCUT2D eigenvalue weighted by molar-refractivity contribution is 7.80. The van der Waals surface area contributed by atoms with Gasteiger partial charge in [-0.3, -0.25) is 4.79 Å². The van der Waals surface area contributed by atoms with Crippen LogP contribution in [0.3, 0.4) is 0 Å². The van der Waals surface area contributed by atoms with Gasteiger partial charge in [0.15, 0.2) is 0 Å². The van der Waals surface area contributed by atoms with Crippen LogP contribution in [0, 0.1) is 5.82 Å². The fourth-order valence-electron chi connectivity index (χ4n) is 1.42. The predicted molar refractivity (Wildman–Crippen MR) is 73.1 cm³/mol. The molecule has 18 heavy (non-hydrogen) atoms. The Bertz CT molecular complexity index is 603. The smallest absolute Gasteiger partial charge is 0.255 e. The third-order valence-electron chi connectivity index (χ3n) is 2.29. The second kappa shape index (κ2) is 5.42. The molecule has 0 atom stereocenters. The summed E-state index contributed by atoms with van der Waals surface area (Å²) in [6.07, 6.45) is 0. The molecule has 0 aliphatic carbocycles. The Hall–Kier alpha value is -1.52. The topological polar surface area (TPSA) is 29.1 Å². The summed E-state index contributed by atoms with van der Waals surface area (Å²) >= 11 is 9.78. The number of hydrogen-bond donors (Lipinski definition) is 2. The van der Waals surface area contributed by atoms with E-state index in [1.807, 2.05) is 0 Å². The first-order valence-electron chi connectivity index (χ1n) is 5.12. The minimum atomic E-state index is -0.521. The Morgan fingerprint density at radius 1 is 1.22 bits per heavy atom. The van der Waals surface area contributed by atoms with Gasteiger partial charge in [-0.2, -0.15) is 0 Å². The van der Waals surface area contributed by atoms with Crippen molar-refractivity contribution in [3.8, 4) is 0 Å². The van der Waals surface area contributed by atoms with Gasteiger partial charge in [0.1, 0.15) is 5.82 Å². The zero-order valence-corrected chi connectivity index (χ0v) is 10.8. The molecule has 0 spiro atoms. The van der Waals surface area contributed by atoms with E-state index in [0.29, 0.717) is 16.1 Å². The van der Waals surface area contributed by atoms with Gasteiger partial charge in [-0.05, 0) is 36.4 Å². The minimum absolute atomic E-state index is 0.0317. The van der Waals surface area contributed by atoms with E-state index in [0.717, 1.165) is 0 Å². The van der Waals surface area contributed by atoms with Crippen LogP contribution in [-0.2, 0) is 0 Å². The van der Waals surface area contributed by atoms with Crippen LogP contribution < -0.4 is 5.32 Å². The molecular formula is C13H9ClFNOS. The van der Waals surface area contributed by atoms with Crippen LogP contribution in [0.1, 0.15) is 10.4 Å². The summed E-state index contributed by atoms with van der Waals surface area (Å²) < 4.78 is 13.0. The zero-order chi connectivity index (χ0) is 13.1. The number of thiol groups is 1. The summed E-state index contributed by atoms with van der Waals surface area (Å²) in [5.41, 5.74) is 0.916. The molecule has 0 unspecified atom stereocenters. The van der Waals surface area contributed by atoms with Crippen LogP contribution in [0.25, 0.3) is 0 Å². The van der Waals surface area contributed by atoms with Crippen molar-refractivity contribution in [2.75, 3.05) is 5.32 Å². The maximum atomic E-state index is 13.0. The van der Waals surface area contributed by atoms with Crippen LogP contribution in [0.4, 0.5) is 10.1 Å². The van der Waals surface area contributed by atoms with E-state index in [1.54, 1.807) is 24.3 Å². The number of benzene rings is 2. The molecule has 0 saturated heterocycles. The number of hydrogen-bond acceptors (Lipinski definition) is 2. The Morgan fingerprint density at radius 2 is 2.00 bits per heavy atom. The molecule has 2 aromatic rings. The summed E-state index contributed by atoms with van der Waals surface area (Å²) in [5.74, 6) is -0.819. The average molecular weight is 282 g/mol. The van der Waals surface area contributed by atoms with Gasteiger partial charge in [0.25, 0.3) is 5.91 Å². The lowest BCUT2D eigenvalue weighted by Gasteiger charge is -2.06. The zero-order valence-electron chi connectivity index (χ0n) is 9.15. The molecule has 5 heteroatoms. The van der Waals surface area contributed by atoms with Crippen LogP contribution in [0.2, 0.25) is 5.02 Å². The number of halogens is 2. The normalized spacial score (nSPS) is 10.2. The molecule has 0 aliphatic heterocycles. The van der Waals surface area contributed by atoms with Gasteiger partial charge in [-0.15, -0.1) is 12.6 Å². The van der Waals surface area contributed by atoms with E-state index >= 15 is 0 Å². The van der Waals surface area contributed by atoms with Gasteiger partial charge >= 0.3 is 0 Å². The van der Waals surface area contributed by atoms with E-state index in [-0.39, 0.29) is 10.9 Å². The van der Waals surface area contributed by atoms with E-state index in [4.69, 9.17) is 11.6 Å². The SMILES string of the molecule is O=C(Nc1ccc(F)c(Cl)c1)c1cccc(S)c1. The summed E-state index contributed by atoms with van der Waals surface area (Å²) in [7, 11) is 0. The molecule has 0 saturated carbocycles. The molecule has 0 aliphatic rings. The summed E-state index contributed by atoms with van der Waals surface area (Å²) in [5, 5.41) is 2.60. The fourth-order valence-corrected chi connectivity index (χ4v) is 1.83. The Labute approximate surface area is 114 Å². The van der Waals surface area contributed by atoms with E-state index in [1.165, 1.54) is 18.2 Å². The Morgan fingerprint density at radius 3 is 2.67 bits per heavy atom. The van der Waals surface area contributed by atoms with Crippen molar-refractivity contribution >= 4 is 35.8 Å². The largest absolute Gasteiger partial charge is 0.322 e. The number of carbonyl (C=O) groups excluding carboxylic acids is 1. The molecule has 2 aromatic carbocycles. The molecule has 0 aromatic heterocycles. The number of nitrogens with one attached hydrogen (secondary N) is 1. The van der Waals surface area contributed by atoms with E-state index < -0.39 is 5.82 Å². The van der Waals surface area contributed by atoms with Gasteiger partial charge in [0.05, 0.1) is 5.02 Å². The van der Waals surface area contributed by atoms with Crippen LogP contribution in [-0.4, -0.2) is 5.91 Å². The molecule has 0 fully saturated rings. The van der Waals surface area contributed by atoms with Crippen molar-refractivity contribution in [2.24, 2.45) is 0 Å². The van der Waals surface area contributed by atoms with Crippen molar-refractivity contribution in [3.63, 3.8) is 0 Å². The summed E-state index contributed by atoms with van der Waals surface area (Å²) in [4.78, 5) is 12.6. The molecule has 2 rings (SSSR count). The third-order valence-corrected chi connectivity index (χ3v) is 2.85. The van der Waals surface area contributed by atoms with Gasteiger partial charge in [0.2, 0.25) is 0 Å². The van der Waals surface area contributed by atoms with Gasteiger partial charge in [-0.1, -0.05) is 17.7 Å². The second-order valence-electron chi connectivity index (χ2n) is 3.63. The molecule has 0 radical (unpaired) electrons. The number of rotatable bonds is 2. The molecule has 1 N–H and O–H groups in total. The monoisotopic (exact) mass is 281 g/mol. The van der Waals surface area contributed by atoms with E-state index in [2.05, 4.69) is 17.9 Å². The number of anilines is 1. The van der Waals surface area contributed by atoms with Crippen LogP contribution in [0.5, 0.6) is 0 Å². The number of amides is 1. The Kier molecular flexibility index (Phi) is 3.89. The van der Waals surface area contributed by atoms with E-state index in [9.17, 15) is 9.18 Å². The average Bonchev–Trinajstić information content (AvgIpc) is 2.34. The predicted octanol–water partition coefficient (Wildman–Crippen LogP) is 4.02. The molecule has 1 amide bonds. The highest BCUT2D eigenvalue weighted by Gasteiger charge is 2.07. The lowest BCUT2D eigenvalue weighted by molar-refractivity contribution is 0.102. The summed E-state index contributed by atoms with van der Waals surface area (Å²) in [6.45, 7) is 0. The first-order valence-corrected chi connectivity index (χ1v) is 5.94. The van der Waals surface area contributed by atoms with Crippen molar-refractivity contribution in [1.82, 2.24) is 0 Å². The summed E-state index contributed by atoms with van der Waals surface area (Å²) in [6, 6.07) is 10.8. The molecular weight excluding hydrogens is 273 g/mol. The van der Waals surface area contributed by atoms with Gasteiger partial charge < -0.3 is 5.32 Å². The standard InChI is InChI=1S/C13H9ClFNOS/c14-11-7-9(4-5-12(11)15)16-13(17)8-2-1-3-10(18)6-8/h1-7,18H,(H,16,17). The molecule has 0 heterocycles. The van der Waals surface area contributed by atoms with Crippen LogP contribution in [0.15, 0.2) is 47.4 Å². The lowest BCUT2D eigenvalue weighted by atomic mass is 10.2. The third kappa shape index (κ3) is 3.03. The van der Waals surface area contributed by atoms with Gasteiger partial charge in [-0.25, -0.2) is 4.39 Å². The minimum Gasteiger partial charge on any atom is -0.322 e. The highest BCUT2D eigenvalue weighted by Crippen LogP contribution is 2.20. The Balaban J connectivity index is 2.18. The first kappa shape index (κ1) is 12.9. The molecule has 2 nitrogen and oxygen atoms in total. The van der Waals surface area contributed by atoms with Gasteiger partial charge in [0, 0.05) is 16.1 Å². The van der Waals surface area contributed by atoms with Crippen molar-refractivity contribution < 1.29 is 9.18 Å². The van der Waals surface area contributed by atoms with Crippen LogP contribution >= 0.6 is 24.2 Å². The van der Waals surface area contributed by atoms with Crippen molar-refractivity contribution in [1.29, 1.82) is 0 Å². The molecule has 0 bridgehead atoms. The lowest BCUT2D eigenvalue weighted by Crippen LogP contribution is -2.11. The highest BCUT2D eigenvalue weighted by atomic mass is 35.5. The second-order valence-corrected chi connectivity index (χ2v) is 4.56.